The Morgan fingerprint density at radius 3 is 2.19 bits per heavy atom. The molecule has 7 nitrogen and oxygen atoms in total. The monoisotopic (exact) mass is 484 g/mol. The molecule has 0 aliphatic heterocycles. The second-order valence-corrected chi connectivity index (χ2v) is 5.74. The summed E-state index contributed by atoms with van der Waals surface area (Å²) in [5, 5.41) is 6.40. The summed E-state index contributed by atoms with van der Waals surface area (Å²) in [4.78, 5) is 29.3. The smallest absolute Gasteiger partial charge is 0.305 e. The number of aliphatic imine (C=N–C) groups is 1. The van der Waals surface area contributed by atoms with Gasteiger partial charge in [0.2, 0.25) is 5.91 Å². The standard InChI is InChI=1S/C18H36N4O3.HI/c1-5-19-18(21-15-13-16(23)22(6-2)7-3)20-14-11-9-8-10-12-17(24)25-4;/h5-15H2,1-4H3,(H2,19,20,21);1H. The van der Waals surface area contributed by atoms with Gasteiger partial charge in [0.1, 0.15) is 0 Å². The largest absolute Gasteiger partial charge is 0.469 e. The maximum Gasteiger partial charge on any atom is 0.305 e. The van der Waals surface area contributed by atoms with Crippen LogP contribution in [0.1, 0.15) is 59.3 Å². The molecule has 0 aromatic carbocycles. The number of methoxy groups -OCH3 is 1. The van der Waals surface area contributed by atoms with E-state index in [9.17, 15) is 9.59 Å². The normalized spacial score (nSPS) is 10.7. The lowest BCUT2D eigenvalue weighted by molar-refractivity contribution is -0.140. The molecule has 0 rings (SSSR count). The van der Waals surface area contributed by atoms with E-state index in [0.29, 0.717) is 19.4 Å². The lowest BCUT2D eigenvalue weighted by Gasteiger charge is -2.19. The number of carbonyl (C=O) groups excluding carboxylic acids is 2. The molecular formula is C18H37IN4O3. The second-order valence-electron chi connectivity index (χ2n) is 5.74. The zero-order valence-corrected chi connectivity index (χ0v) is 19.1. The number of esters is 1. The molecule has 154 valence electrons. The van der Waals surface area contributed by atoms with Crippen molar-refractivity contribution in [3.63, 3.8) is 0 Å². The number of hydrogen-bond acceptors (Lipinski definition) is 4. The minimum Gasteiger partial charge on any atom is -0.469 e. The summed E-state index contributed by atoms with van der Waals surface area (Å²) in [5.74, 6) is 0.777. The third-order valence-electron chi connectivity index (χ3n) is 3.88. The van der Waals surface area contributed by atoms with Crippen LogP contribution in [-0.4, -0.2) is 62.6 Å². The Morgan fingerprint density at radius 2 is 1.62 bits per heavy atom. The maximum atomic E-state index is 12.0. The van der Waals surface area contributed by atoms with Crippen molar-refractivity contribution in [3.8, 4) is 0 Å². The molecule has 26 heavy (non-hydrogen) atoms. The van der Waals surface area contributed by atoms with Gasteiger partial charge in [0.25, 0.3) is 0 Å². The van der Waals surface area contributed by atoms with Crippen molar-refractivity contribution in [2.24, 2.45) is 4.99 Å². The Hall–Kier alpha value is -1.06. The van der Waals surface area contributed by atoms with E-state index in [0.717, 1.165) is 57.8 Å². The number of ether oxygens (including phenoxy) is 1. The minimum atomic E-state index is -0.143. The van der Waals surface area contributed by atoms with Crippen molar-refractivity contribution < 1.29 is 14.3 Å². The zero-order chi connectivity index (χ0) is 18.9. The summed E-state index contributed by atoms with van der Waals surface area (Å²) in [6.45, 7) is 9.61. The Morgan fingerprint density at radius 1 is 0.962 bits per heavy atom. The van der Waals surface area contributed by atoms with Gasteiger partial charge in [0.15, 0.2) is 5.96 Å². The highest BCUT2D eigenvalue weighted by atomic mass is 127. The van der Waals surface area contributed by atoms with Gasteiger partial charge in [0.05, 0.1) is 7.11 Å². The average molecular weight is 484 g/mol. The van der Waals surface area contributed by atoms with E-state index in [2.05, 4.69) is 20.4 Å². The molecule has 0 fully saturated rings. The fraction of sp³-hybridized carbons (Fsp3) is 0.833. The Bertz CT molecular complexity index is 402. The van der Waals surface area contributed by atoms with Crippen LogP contribution in [0, 0.1) is 0 Å². The van der Waals surface area contributed by atoms with Gasteiger partial charge in [-0.3, -0.25) is 14.6 Å². The second kappa shape index (κ2) is 18.7. The molecule has 0 aromatic heterocycles. The van der Waals surface area contributed by atoms with Crippen LogP contribution < -0.4 is 10.6 Å². The SMILES string of the molecule is CCNC(=NCCCCCCC(=O)OC)NCCC(=O)N(CC)CC.I. The van der Waals surface area contributed by atoms with Crippen molar-refractivity contribution in [1.29, 1.82) is 0 Å². The molecule has 8 heteroatoms. The van der Waals surface area contributed by atoms with E-state index in [1.807, 2.05) is 25.7 Å². The zero-order valence-electron chi connectivity index (χ0n) is 16.8. The van der Waals surface area contributed by atoms with Gasteiger partial charge >= 0.3 is 5.97 Å². The molecule has 0 aromatic rings. The summed E-state index contributed by atoms with van der Waals surface area (Å²) in [7, 11) is 1.42. The van der Waals surface area contributed by atoms with Crippen molar-refractivity contribution in [2.75, 3.05) is 39.8 Å². The van der Waals surface area contributed by atoms with E-state index < -0.39 is 0 Å². The summed E-state index contributed by atoms with van der Waals surface area (Å²) >= 11 is 0. The molecule has 0 radical (unpaired) electrons. The minimum absolute atomic E-state index is 0. The number of halogens is 1. The average Bonchev–Trinajstić information content (AvgIpc) is 2.61. The van der Waals surface area contributed by atoms with Crippen molar-refractivity contribution in [1.82, 2.24) is 15.5 Å². The van der Waals surface area contributed by atoms with E-state index in [1.165, 1.54) is 7.11 Å². The molecule has 0 saturated heterocycles. The van der Waals surface area contributed by atoms with Gasteiger partial charge in [-0.05, 0) is 33.6 Å². The number of rotatable bonds is 13. The van der Waals surface area contributed by atoms with Crippen molar-refractivity contribution in [2.45, 2.75) is 59.3 Å². The van der Waals surface area contributed by atoms with Gasteiger partial charge < -0.3 is 20.3 Å². The first-order valence-electron chi connectivity index (χ1n) is 9.45. The molecule has 0 unspecified atom stereocenters. The lowest BCUT2D eigenvalue weighted by atomic mass is 10.1. The molecule has 2 N–H and O–H groups in total. The lowest BCUT2D eigenvalue weighted by Crippen LogP contribution is -2.40. The highest BCUT2D eigenvalue weighted by molar-refractivity contribution is 14.0. The van der Waals surface area contributed by atoms with Gasteiger partial charge in [0, 0.05) is 45.6 Å². The van der Waals surface area contributed by atoms with Crippen molar-refractivity contribution in [3.05, 3.63) is 0 Å². The molecule has 0 bridgehead atoms. The maximum absolute atomic E-state index is 12.0. The van der Waals surface area contributed by atoms with Gasteiger partial charge in [-0.25, -0.2) is 0 Å². The fourth-order valence-corrected chi connectivity index (χ4v) is 2.39. The summed E-state index contributed by atoms with van der Waals surface area (Å²) in [6, 6.07) is 0. The Labute approximate surface area is 175 Å². The Kier molecular flexibility index (Phi) is 19.6. The predicted molar refractivity (Wildman–Crippen MR) is 117 cm³/mol. The van der Waals surface area contributed by atoms with Crippen molar-refractivity contribution >= 4 is 41.8 Å². The number of nitrogens with zero attached hydrogens (tertiary/aromatic N) is 2. The molecule has 1 amide bonds. The predicted octanol–water partition coefficient (Wildman–Crippen LogP) is 2.54. The summed E-state index contributed by atoms with van der Waals surface area (Å²) in [6.07, 6.45) is 4.86. The van der Waals surface area contributed by atoms with Crippen LogP contribution in [0.2, 0.25) is 0 Å². The molecule has 0 aliphatic carbocycles. The third-order valence-corrected chi connectivity index (χ3v) is 3.88. The number of amides is 1. The Balaban J connectivity index is 0. The van der Waals surface area contributed by atoms with Crippen LogP contribution in [-0.2, 0) is 14.3 Å². The molecular weight excluding hydrogens is 447 g/mol. The van der Waals surface area contributed by atoms with Crippen LogP contribution in [0.15, 0.2) is 4.99 Å². The first-order valence-corrected chi connectivity index (χ1v) is 9.45. The summed E-state index contributed by atoms with van der Waals surface area (Å²) < 4.78 is 4.62. The molecule has 0 aliphatic rings. The van der Waals surface area contributed by atoms with E-state index >= 15 is 0 Å². The van der Waals surface area contributed by atoms with Crippen LogP contribution in [0.4, 0.5) is 0 Å². The van der Waals surface area contributed by atoms with Crippen LogP contribution in [0.5, 0.6) is 0 Å². The van der Waals surface area contributed by atoms with Gasteiger partial charge in [-0.2, -0.15) is 0 Å². The highest BCUT2D eigenvalue weighted by Crippen LogP contribution is 2.04. The fourth-order valence-electron chi connectivity index (χ4n) is 2.39. The first-order chi connectivity index (χ1) is 12.1. The molecule has 0 heterocycles. The highest BCUT2D eigenvalue weighted by Gasteiger charge is 2.09. The van der Waals surface area contributed by atoms with E-state index in [-0.39, 0.29) is 35.9 Å². The van der Waals surface area contributed by atoms with Gasteiger partial charge in [-0.15, -0.1) is 24.0 Å². The molecule has 0 spiro atoms. The number of carbonyl (C=O) groups is 2. The number of nitrogens with one attached hydrogen (secondary N) is 2. The van der Waals surface area contributed by atoms with Crippen LogP contribution >= 0.6 is 24.0 Å². The first kappa shape index (κ1) is 27.2. The van der Waals surface area contributed by atoms with Gasteiger partial charge in [-0.1, -0.05) is 12.8 Å². The third kappa shape index (κ3) is 14.1. The number of guanidine groups is 1. The summed E-state index contributed by atoms with van der Waals surface area (Å²) in [5.41, 5.74) is 0. The number of hydrogen-bond donors (Lipinski definition) is 2. The number of unbranched alkanes of at least 4 members (excludes halogenated alkanes) is 3. The van der Waals surface area contributed by atoms with E-state index in [4.69, 9.17) is 0 Å². The van der Waals surface area contributed by atoms with Crippen LogP contribution in [0.3, 0.4) is 0 Å². The molecule has 0 saturated carbocycles. The quantitative estimate of drug-likeness (QED) is 0.138. The topological polar surface area (TPSA) is 83.0 Å². The van der Waals surface area contributed by atoms with Crippen LogP contribution in [0.25, 0.3) is 0 Å². The molecule has 0 atom stereocenters. The van der Waals surface area contributed by atoms with E-state index in [1.54, 1.807) is 0 Å².